The van der Waals surface area contributed by atoms with Crippen molar-refractivity contribution in [3.8, 4) is 16.8 Å². The number of benzene rings is 7. The Kier molecular flexibility index (Phi) is 4.45. The second kappa shape index (κ2) is 8.37. The van der Waals surface area contributed by atoms with Crippen molar-refractivity contribution < 1.29 is 4.42 Å². The summed E-state index contributed by atoms with van der Waals surface area (Å²) in [6, 6.07) is 50.0. The van der Waals surface area contributed by atoms with Crippen LogP contribution in [-0.2, 0) is 0 Å². The molecule has 0 aliphatic rings. The van der Waals surface area contributed by atoms with Gasteiger partial charge in [-0.15, -0.1) is 0 Å². The van der Waals surface area contributed by atoms with Crippen LogP contribution in [0.4, 0.5) is 0 Å². The number of rotatable bonds is 2. The molecule has 10 rings (SSSR count). The molecule has 3 heteroatoms. The minimum absolute atomic E-state index is 0.904. The van der Waals surface area contributed by atoms with Gasteiger partial charge in [-0.05, 0) is 58.8 Å². The first kappa shape index (κ1) is 22.8. The molecule has 0 fully saturated rings. The van der Waals surface area contributed by atoms with E-state index < -0.39 is 0 Å². The molecule has 0 spiro atoms. The van der Waals surface area contributed by atoms with E-state index in [-0.39, 0.29) is 0 Å². The molecule has 3 aromatic heterocycles. The van der Waals surface area contributed by atoms with Crippen molar-refractivity contribution in [2.24, 2.45) is 0 Å². The SMILES string of the molecule is c1ccc(-c2cc(-n3c4ccccc4c4cc5c(cc43)[nH]c3ccc4ccccc4c35)cc3c2oc2ccccc23)cc1. The van der Waals surface area contributed by atoms with E-state index in [1.807, 2.05) is 6.07 Å². The number of aromatic nitrogens is 2. The van der Waals surface area contributed by atoms with Gasteiger partial charge in [-0.3, -0.25) is 0 Å². The van der Waals surface area contributed by atoms with Gasteiger partial charge < -0.3 is 14.0 Å². The van der Waals surface area contributed by atoms with E-state index in [2.05, 4.69) is 143 Å². The molecule has 0 aliphatic heterocycles. The molecule has 0 atom stereocenters. The topological polar surface area (TPSA) is 33.9 Å². The maximum atomic E-state index is 6.50. The van der Waals surface area contributed by atoms with Gasteiger partial charge in [0.1, 0.15) is 11.2 Å². The van der Waals surface area contributed by atoms with E-state index in [9.17, 15) is 0 Å². The first-order valence-electron chi connectivity index (χ1n) is 14.7. The Morgan fingerprint density at radius 1 is 0.488 bits per heavy atom. The van der Waals surface area contributed by atoms with Gasteiger partial charge in [0, 0.05) is 54.6 Å². The Balaban J connectivity index is 1.35. The molecule has 3 heterocycles. The van der Waals surface area contributed by atoms with E-state index in [0.29, 0.717) is 0 Å². The molecule has 3 nitrogen and oxygen atoms in total. The first-order chi connectivity index (χ1) is 21.3. The van der Waals surface area contributed by atoms with Crippen molar-refractivity contribution >= 4 is 76.3 Å². The van der Waals surface area contributed by atoms with Crippen LogP contribution in [0.1, 0.15) is 0 Å². The molecular weight excluding hydrogens is 524 g/mol. The zero-order chi connectivity index (χ0) is 28.1. The molecule has 10 aromatic rings. The van der Waals surface area contributed by atoms with Gasteiger partial charge in [-0.25, -0.2) is 0 Å². The monoisotopic (exact) mass is 548 g/mol. The lowest BCUT2D eigenvalue weighted by Crippen LogP contribution is -1.95. The highest BCUT2D eigenvalue weighted by Gasteiger charge is 2.19. The number of nitrogens with one attached hydrogen (secondary N) is 1. The highest BCUT2D eigenvalue weighted by molar-refractivity contribution is 6.24. The Bertz CT molecular complexity index is 2720. The number of hydrogen-bond acceptors (Lipinski definition) is 1. The summed E-state index contributed by atoms with van der Waals surface area (Å²) in [5.41, 5.74) is 9.83. The number of nitrogens with zero attached hydrogens (tertiary/aromatic N) is 1. The van der Waals surface area contributed by atoms with Crippen molar-refractivity contribution in [3.05, 3.63) is 140 Å². The molecule has 0 unspecified atom stereocenters. The minimum Gasteiger partial charge on any atom is -0.455 e. The van der Waals surface area contributed by atoms with Crippen LogP contribution in [-0.4, -0.2) is 9.55 Å². The summed E-state index contributed by atoms with van der Waals surface area (Å²) in [6.07, 6.45) is 0. The van der Waals surface area contributed by atoms with Crippen LogP contribution in [0, 0.1) is 0 Å². The van der Waals surface area contributed by atoms with Gasteiger partial charge in [0.05, 0.1) is 11.0 Å². The quantitative estimate of drug-likeness (QED) is 0.229. The number of H-pyrrole nitrogens is 1. The molecular formula is C40H24N2O. The highest BCUT2D eigenvalue weighted by Crippen LogP contribution is 2.42. The fourth-order valence-corrected chi connectivity index (χ4v) is 7.19. The Morgan fingerprint density at radius 3 is 2.16 bits per heavy atom. The predicted octanol–water partition coefficient (Wildman–Crippen LogP) is 11.1. The van der Waals surface area contributed by atoms with Crippen LogP contribution in [0.25, 0.3) is 93.1 Å². The van der Waals surface area contributed by atoms with E-state index in [1.54, 1.807) is 0 Å². The van der Waals surface area contributed by atoms with E-state index in [0.717, 1.165) is 49.8 Å². The normalized spacial score (nSPS) is 12.2. The Morgan fingerprint density at radius 2 is 1.26 bits per heavy atom. The number of furan rings is 1. The van der Waals surface area contributed by atoms with Gasteiger partial charge in [-0.2, -0.15) is 0 Å². The highest BCUT2D eigenvalue weighted by atomic mass is 16.3. The van der Waals surface area contributed by atoms with E-state index >= 15 is 0 Å². The lowest BCUT2D eigenvalue weighted by molar-refractivity contribution is 0.670. The molecule has 200 valence electrons. The average Bonchev–Trinajstić information content (AvgIpc) is 3.73. The van der Waals surface area contributed by atoms with Gasteiger partial charge in [-0.1, -0.05) is 97.1 Å². The average molecular weight is 549 g/mol. The van der Waals surface area contributed by atoms with Crippen molar-refractivity contribution in [1.29, 1.82) is 0 Å². The molecule has 7 aromatic carbocycles. The van der Waals surface area contributed by atoms with Crippen LogP contribution < -0.4 is 0 Å². The van der Waals surface area contributed by atoms with Crippen molar-refractivity contribution in [3.63, 3.8) is 0 Å². The molecule has 0 radical (unpaired) electrons. The molecule has 0 amide bonds. The summed E-state index contributed by atoms with van der Waals surface area (Å²) in [7, 11) is 0. The van der Waals surface area contributed by atoms with Crippen LogP contribution in [0.2, 0.25) is 0 Å². The van der Waals surface area contributed by atoms with Crippen LogP contribution in [0.15, 0.2) is 144 Å². The van der Waals surface area contributed by atoms with E-state index in [1.165, 1.54) is 43.4 Å². The van der Waals surface area contributed by atoms with Gasteiger partial charge in [0.15, 0.2) is 0 Å². The minimum atomic E-state index is 0.904. The third-order valence-corrected chi connectivity index (χ3v) is 9.09. The second-order valence-corrected chi connectivity index (χ2v) is 11.4. The van der Waals surface area contributed by atoms with Crippen molar-refractivity contribution in [2.75, 3.05) is 0 Å². The molecule has 43 heavy (non-hydrogen) atoms. The maximum absolute atomic E-state index is 6.50. The molecule has 1 N–H and O–H groups in total. The molecule has 0 saturated heterocycles. The van der Waals surface area contributed by atoms with Gasteiger partial charge >= 0.3 is 0 Å². The molecule has 0 saturated carbocycles. The third-order valence-electron chi connectivity index (χ3n) is 9.09. The summed E-state index contributed by atoms with van der Waals surface area (Å²) < 4.78 is 8.92. The number of fused-ring (bicyclic) bond motifs is 11. The van der Waals surface area contributed by atoms with Crippen LogP contribution in [0.5, 0.6) is 0 Å². The number of para-hydroxylation sites is 2. The standard InChI is InChI=1S/C40H24N2O/c1-2-10-24(11-3-1)30-20-26(21-32-29-15-7-9-17-38(29)43-40(30)32)42-36-16-8-6-14-28(36)31-22-33-35(23-37(31)42)41-34-19-18-25-12-4-5-13-27(25)39(33)34/h1-23,41H. The molecule has 0 bridgehead atoms. The largest absolute Gasteiger partial charge is 0.455 e. The summed E-state index contributed by atoms with van der Waals surface area (Å²) in [4.78, 5) is 3.74. The van der Waals surface area contributed by atoms with Gasteiger partial charge in [0.25, 0.3) is 0 Å². The van der Waals surface area contributed by atoms with Crippen LogP contribution in [0.3, 0.4) is 0 Å². The van der Waals surface area contributed by atoms with E-state index in [4.69, 9.17) is 4.42 Å². The zero-order valence-electron chi connectivity index (χ0n) is 23.1. The third kappa shape index (κ3) is 3.14. The van der Waals surface area contributed by atoms with Crippen LogP contribution >= 0.6 is 0 Å². The Labute approximate surface area is 246 Å². The predicted molar refractivity (Wildman–Crippen MR) is 180 cm³/mol. The lowest BCUT2D eigenvalue weighted by atomic mass is 10.0. The summed E-state index contributed by atoms with van der Waals surface area (Å²) in [5, 5.41) is 9.81. The Hall–Kier alpha value is -5.80. The lowest BCUT2D eigenvalue weighted by Gasteiger charge is -2.12. The first-order valence-corrected chi connectivity index (χ1v) is 14.7. The smallest absolute Gasteiger partial charge is 0.143 e. The molecule has 0 aliphatic carbocycles. The maximum Gasteiger partial charge on any atom is 0.143 e. The summed E-state index contributed by atoms with van der Waals surface area (Å²) in [5.74, 6) is 0. The summed E-state index contributed by atoms with van der Waals surface area (Å²) in [6.45, 7) is 0. The van der Waals surface area contributed by atoms with Gasteiger partial charge in [0.2, 0.25) is 0 Å². The number of hydrogen-bond donors (Lipinski definition) is 1. The second-order valence-electron chi connectivity index (χ2n) is 11.4. The van der Waals surface area contributed by atoms with Crippen molar-refractivity contribution in [2.45, 2.75) is 0 Å². The fourth-order valence-electron chi connectivity index (χ4n) is 7.19. The fraction of sp³-hybridized carbons (Fsp3) is 0. The summed E-state index contributed by atoms with van der Waals surface area (Å²) >= 11 is 0. The van der Waals surface area contributed by atoms with Crippen molar-refractivity contribution in [1.82, 2.24) is 9.55 Å². The number of aromatic amines is 1. The zero-order valence-corrected chi connectivity index (χ0v) is 23.1.